The monoisotopic (exact) mass is 259 g/mol. The molecule has 3 N–H and O–H groups in total. The van der Waals surface area contributed by atoms with Crippen molar-refractivity contribution in [1.82, 2.24) is 9.55 Å². The van der Waals surface area contributed by atoms with Gasteiger partial charge in [-0.3, -0.25) is 0 Å². The lowest BCUT2D eigenvalue weighted by molar-refractivity contribution is 0.141. The van der Waals surface area contributed by atoms with Crippen LogP contribution in [-0.4, -0.2) is 21.3 Å². The van der Waals surface area contributed by atoms with E-state index in [1.54, 1.807) is 0 Å². The van der Waals surface area contributed by atoms with Crippen LogP contribution in [0.5, 0.6) is 0 Å². The molecule has 0 amide bonds. The zero-order valence-electron chi connectivity index (χ0n) is 11.6. The largest absolute Gasteiger partial charge is 0.399 e. The third-order valence-corrected chi connectivity index (χ3v) is 3.76. The van der Waals surface area contributed by atoms with Gasteiger partial charge in [0.2, 0.25) is 0 Å². The molecule has 0 radical (unpaired) electrons. The van der Waals surface area contributed by atoms with Gasteiger partial charge in [-0.15, -0.1) is 0 Å². The normalized spacial score (nSPS) is 16.2. The predicted octanol–water partition coefficient (Wildman–Crippen LogP) is 2.51. The van der Waals surface area contributed by atoms with Gasteiger partial charge in [0.25, 0.3) is 0 Å². The van der Waals surface area contributed by atoms with E-state index in [9.17, 15) is 5.11 Å². The van der Waals surface area contributed by atoms with Crippen LogP contribution in [0.25, 0.3) is 11.0 Å². The van der Waals surface area contributed by atoms with Gasteiger partial charge in [-0.2, -0.15) is 0 Å². The summed E-state index contributed by atoms with van der Waals surface area (Å²) >= 11 is 0. The van der Waals surface area contributed by atoms with Gasteiger partial charge in [-0.1, -0.05) is 13.8 Å². The number of imidazole rings is 1. The molecule has 1 aliphatic rings. The van der Waals surface area contributed by atoms with Crippen molar-refractivity contribution in [3.8, 4) is 0 Å². The number of hydrogen-bond acceptors (Lipinski definition) is 3. The molecule has 102 valence electrons. The number of fused-ring (bicyclic) bond motifs is 1. The molecule has 1 aromatic carbocycles. The molecule has 4 nitrogen and oxygen atoms in total. The molecule has 1 saturated carbocycles. The Kier molecular flexibility index (Phi) is 2.78. The first-order chi connectivity index (χ1) is 9.00. The summed E-state index contributed by atoms with van der Waals surface area (Å²) in [4.78, 5) is 4.76. The number of nitrogen functional groups attached to an aromatic ring is 1. The van der Waals surface area contributed by atoms with Crippen LogP contribution in [0.1, 0.15) is 38.4 Å². The van der Waals surface area contributed by atoms with Gasteiger partial charge in [-0.05, 0) is 31.0 Å². The number of rotatable bonds is 4. The quantitative estimate of drug-likeness (QED) is 0.829. The van der Waals surface area contributed by atoms with Crippen molar-refractivity contribution in [3.05, 3.63) is 24.0 Å². The molecule has 0 aliphatic heterocycles. The molecule has 2 aromatic rings. The van der Waals surface area contributed by atoms with E-state index in [1.165, 1.54) is 12.8 Å². The van der Waals surface area contributed by atoms with Crippen LogP contribution < -0.4 is 5.73 Å². The second-order valence-electron chi connectivity index (χ2n) is 6.40. The van der Waals surface area contributed by atoms with E-state index in [4.69, 9.17) is 10.7 Å². The van der Waals surface area contributed by atoms with Crippen LogP contribution in [0.15, 0.2) is 18.2 Å². The number of aliphatic hydroxyl groups is 1. The van der Waals surface area contributed by atoms with Gasteiger partial charge in [0.1, 0.15) is 5.82 Å². The first-order valence-electron chi connectivity index (χ1n) is 6.87. The van der Waals surface area contributed by atoms with Crippen LogP contribution in [0.2, 0.25) is 0 Å². The van der Waals surface area contributed by atoms with Gasteiger partial charge < -0.3 is 15.4 Å². The average molecular weight is 259 g/mol. The van der Waals surface area contributed by atoms with Crippen LogP contribution in [-0.2, 0) is 6.54 Å². The fourth-order valence-electron chi connectivity index (χ4n) is 2.46. The SMILES string of the molecule is CC(C)(CO)Cn1c(C2CC2)nc2cc(N)ccc21. The van der Waals surface area contributed by atoms with Crippen molar-refractivity contribution < 1.29 is 5.11 Å². The standard InChI is InChI=1S/C15H21N3O/c1-15(2,9-19)8-18-13-6-5-11(16)7-12(13)17-14(18)10-3-4-10/h5-7,10,19H,3-4,8-9,16H2,1-2H3. The number of aromatic nitrogens is 2. The summed E-state index contributed by atoms with van der Waals surface area (Å²) in [6.07, 6.45) is 2.44. The summed E-state index contributed by atoms with van der Waals surface area (Å²) in [5.41, 5.74) is 8.54. The van der Waals surface area contributed by atoms with Crippen LogP contribution in [0.3, 0.4) is 0 Å². The Morgan fingerprint density at radius 1 is 1.42 bits per heavy atom. The highest BCUT2D eigenvalue weighted by Crippen LogP contribution is 2.41. The van der Waals surface area contributed by atoms with Crippen molar-refractivity contribution in [3.63, 3.8) is 0 Å². The number of aliphatic hydroxyl groups excluding tert-OH is 1. The third-order valence-electron chi connectivity index (χ3n) is 3.76. The first kappa shape index (κ1) is 12.5. The molecule has 1 heterocycles. The molecular formula is C15H21N3O. The second kappa shape index (κ2) is 4.23. The highest BCUT2D eigenvalue weighted by molar-refractivity contribution is 5.79. The summed E-state index contributed by atoms with van der Waals surface area (Å²) in [6.45, 7) is 5.11. The first-order valence-corrected chi connectivity index (χ1v) is 6.87. The maximum absolute atomic E-state index is 9.50. The van der Waals surface area contributed by atoms with Crippen molar-refractivity contribution in [2.45, 2.75) is 39.2 Å². The summed E-state index contributed by atoms with van der Waals surface area (Å²) in [5.74, 6) is 1.74. The van der Waals surface area contributed by atoms with Crippen molar-refractivity contribution in [2.75, 3.05) is 12.3 Å². The average Bonchev–Trinajstić information content (AvgIpc) is 3.14. The van der Waals surface area contributed by atoms with E-state index in [1.807, 2.05) is 18.2 Å². The van der Waals surface area contributed by atoms with E-state index >= 15 is 0 Å². The Balaban J connectivity index is 2.11. The molecule has 1 fully saturated rings. The Labute approximate surface area is 113 Å². The van der Waals surface area contributed by atoms with Crippen molar-refractivity contribution >= 4 is 16.7 Å². The Bertz CT molecular complexity index is 611. The van der Waals surface area contributed by atoms with Gasteiger partial charge in [0.15, 0.2) is 0 Å². The zero-order valence-corrected chi connectivity index (χ0v) is 11.6. The molecule has 0 atom stereocenters. The Morgan fingerprint density at radius 3 is 2.79 bits per heavy atom. The molecule has 0 unspecified atom stereocenters. The highest BCUT2D eigenvalue weighted by Gasteiger charge is 2.31. The maximum atomic E-state index is 9.50. The molecular weight excluding hydrogens is 238 g/mol. The minimum atomic E-state index is -0.140. The van der Waals surface area contributed by atoms with E-state index < -0.39 is 0 Å². The number of benzene rings is 1. The minimum absolute atomic E-state index is 0.140. The third kappa shape index (κ3) is 2.32. The zero-order chi connectivity index (χ0) is 13.6. The van der Waals surface area contributed by atoms with Crippen molar-refractivity contribution in [1.29, 1.82) is 0 Å². The predicted molar refractivity (Wildman–Crippen MR) is 77.0 cm³/mol. The fourth-order valence-corrected chi connectivity index (χ4v) is 2.46. The lowest BCUT2D eigenvalue weighted by Gasteiger charge is -2.24. The van der Waals surface area contributed by atoms with Gasteiger partial charge >= 0.3 is 0 Å². The Hall–Kier alpha value is -1.55. The fraction of sp³-hybridized carbons (Fsp3) is 0.533. The molecule has 0 saturated heterocycles. The summed E-state index contributed by atoms with van der Waals surface area (Å²) in [6, 6.07) is 5.89. The number of hydrogen-bond donors (Lipinski definition) is 2. The lowest BCUT2D eigenvalue weighted by Crippen LogP contribution is -2.24. The highest BCUT2D eigenvalue weighted by atomic mass is 16.3. The Morgan fingerprint density at radius 2 is 2.16 bits per heavy atom. The van der Waals surface area contributed by atoms with Crippen LogP contribution in [0, 0.1) is 5.41 Å². The van der Waals surface area contributed by atoms with Crippen LogP contribution >= 0.6 is 0 Å². The van der Waals surface area contributed by atoms with E-state index in [0.717, 1.165) is 29.1 Å². The minimum Gasteiger partial charge on any atom is -0.399 e. The lowest BCUT2D eigenvalue weighted by atomic mass is 9.94. The molecule has 1 aliphatic carbocycles. The van der Waals surface area contributed by atoms with Gasteiger partial charge in [0, 0.05) is 30.2 Å². The van der Waals surface area contributed by atoms with Gasteiger partial charge in [0.05, 0.1) is 11.0 Å². The molecule has 0 spiro atoms. The van der Waals surface area contributed by atoms with Crippen molar-refractivity contribution in [2.24, 2.45) is 5.41 Å². The molecule has 1 aromatic heterocycles. The van der Waals surface area contributed by atoms with E-state index in [2.05, 4.69) is 18.4 Å². The summed E-state index contributed by atoms with van der Waals surface area (Å²) in [7, 11) is 0. The molecule has 0 bridgehead atoms. The number of nitrogens with zero attached hydrogens (tertiary/aromatic N) is 2. The summed E-state index contributed by atoms with van der Waals surface area (Å²) < 4.78 is 2.27. The van der Waals surface area contributed by atoms with E-state index in [0.29, 0.717) is 5.92 Å². The second-order valence-corrected chi connectivity index (χ2v) is 6.40. The number of nitrogens with two attached hydrogens (primary N) is 1. The molecule has 4 heteroatoms. The maximum Gasteiger partial charge on any atom is 0.113 e. The number of anilines is 1. The van der Waals surface area contributed by atoms with Gasteiger partial charge in [-0.25, -0.2) is 4.98 Å². The molecule has 19 heavy (non-hydrogen) atoms. The molecule has 3 rings (SSSR count). The van der Waals surface area contributed by atoms with Crippen LogP contribution in [0.4, 0.5) is 5.69 Å². The topological polar surface area (TPSA) is 64.1 Å². The van der Waals surface area contributed by atoms with E-state index in [-0.39, 0.29) is 12.0 Å². The smallest absolute Gasteiger partial charge is 0.113 e. The summed E-state index contributed by atoms with van der Waals surface area (Å²) in [5, 5.41) is 9.50.